The number of hydrogen-bond donors (Lipinski definition) is 2. The molecule has 1 heterocycles. The largest absolute Gasteiger partial charge is 0.463 e. The Morgan fingerprint density at radius 1 is 1.21 bits per heavy atom. The highest BCUT2D eigenvalue weighted by Gasteiger charge is 2.21. The molecule has 2 aromatic carbocycles. The van der Waals surface area contributed by atoms with Crippen LogP contribution in [0.15, 0.2) is 47.0 Å². The molecule has 0 bridgehead atoms. The van der Waals surface area contributed by atoms with Crippen LogP contribution in [0, 0.1) is 6.92 Å². The van der Waals surface area contributed by atoms with Crippen molar-refractivity contribution in [2.24, 2.45) is 10.7 Å². The van der Waals surface area contributed by atoms with E-state index >= 15 is 0 Å². The number of amides is 1. The number of aliphatic imine (C=N–C) groups is 1. The summed E-state index contributed by atoms with van der Waals surface area (Å²) in [4.78, 5) is 30.0. The lowest BCUT2D eigenvalue weighted by molar-refractivity contribution is -0.130. The second kappa shape index (κ2) is 11.4. The monoisotopic (exact) mass is 449 g/mol. The van der Waals surface area contributed by atoms with E-state index in [1.807, 2.05) is 56.3 Å². The van der Waals surface area contributed by atoms with Gasteiger partial charge in [0.25, 0.3) is 6.47 Å². The van der Waals surface area contributed by atoms with E-state index in [9.17, 15) is 14.7 Å². The maximum atomic E-state index is 13.2. The molecule has 0 atom stereocenters. The lowest BCUT2D eigenvalue weighted by atomic mass is 9.98. The molecule has 0 saturated carbocycles. The van der Waals surface area contributed by atoms with Crippen molar-refractivity contribution in [1.82, 2.24) is 4.90 Å². The second-order valence-corrected chi connectivity index (χ2v) is 8.14. The normalized spacial score (nSPS) is 12.8. The Morgan fingerprint density at radius 2 is 1.97 bits per heavy atom. The maximum absolute atomic E-state index is 13.2. The van der Waals surface area contributed by atoms with E-state index in [4.69, 9.17) is 10.5 Å². The van der Waals surface area contributed by atoms with Crippen LogP contribution in [0.5, 0.6) is 0 Å². The number of nitrogens with zero attached hydrogens (tertiary/aromatic N) is 2. The van der Waals surface area contributed by atoms with Gasteiger partial charge in [-0.3, -0.25) is 9.59 Å². The number of amidine groups is 1. The van der Waals surface area contributed by atoms with Gasteiger partial charge in [-0.15, -0.1) is 0 Å². The van der Waals surface area contributed by atoms with Gasteiger partial charge in [0.1, 0.15) is 12.4 Å². The lowest BCUT2D eigenvalue weighted by Crippen LogP contribution is -2.35. The molecule has 3 N–H and O–H groups in total. The zero-order valence-electron chi connectivity index (χ0n) is 19.2. The molecular weight excluding hydrogens is 418 g/mol. The molecule has 3 rings (SSSR count). The molecule has 0 saturated heterocycles. The molecule has 0 aromatic heterocycles. The van der Waals surface area contributed by atoms with E-state index in [2.05, 4.69) is 4.99 Å². The third-order valence-corrected chi connectivity index (χ3v) is 5.62. The Balaban J connectivity index is 1.91. The van der Waals surface area contributed by atoms with Crippen LogP contribution >= 0.6 is 0 Å². The highest BCUT2D eigenvalue weighted by molar-refractivity contribution is 6.05. The molecule has 1 amide bonds. The van der Waals surface area contributed by atoms with Crippen LogP contribution in [0.25, 0.3) is 17.2 Å². The number of hydrogen-bond acceptors (Lipinski definition) is 6. The van der Waals surface area contributed by atoms with Crippen LogP contribution in [0.2, 0.25) is 0 Å². The van der Waals surface area contributed by atoms with Gasteiger partial charge in [0.05, 0.1) is 5.69 Å². The lowest BCUT2D eigenvalue weighted by Gasteiger charge is -2.23. The second-order valence-electron chi connectivity index (χ2n) is 8.14. The number of carbonyl (C=O) groups is 2. The number of ether oxygens (including phenoxy) is 1. The Labute approximate surface area is 194 Å². The minimum absolute atomic E-state index is 0.0479. The summed E-state index contributed by atoms with van der Waals surface area (Å²) in [5.74, 6) is 0.325. The van der Waals surface area contributed by atoms with Gasteiger partial charge < -0.3 is 20.5 Å². The topological polar surface area (TPSA) is 105 Å². The quantitative estimate of drug-likeness (QED) is 0.538. The first-order valence-electron chi connectivity index (χ1n) is 11.2. The first-order valence-corrected chi connectivity index (χ1v) is 11.2. The summed E-state index contributed by atoms with van der Waals surface area (Å²) in [7, 11) is 0. The van der Waals surface area contributed by atoms with Gasteiger partial charge in [-0.1, -0.05) is 37.3 Å². The summed E-state index contributed by atoms with van der Waals surface area (Å²) in [6.07, 6.45) is 3.54. The molecule has 174 valence electrons. The molecule has 7 nitrogen and oxygen atoms in total. The van der Waals surface area contributed by atoms with Crippen LogP contribution in [-0.2, 0) is 20.9 Å². The first-order chi connectivity index (χ1) is 16.0. The molecular formula is C26H31N3O4. The number of aryl methyl sites for hydroxylation is 1. The van der Waals surface area contributed by atoms with E-state index in [0.717, 1.165) is 39.9 Å². The number of aliphatic hydroxyl groups excluding tert-OH is 1. The maximum Gasteiger partial charge on any atom is 0.293 e. The smallest absolute Gasteiger partial charge is 0.293 e. The molecule has 0 unspecified atom stereocenters. The number of fused-ring (bicyclic) bond motifs is 1. The third-order valence-electron chi connectivity index (χ3n) is 5.62. The van der Waals surface area contributed by atoms with Crippen molar-refractivity contribution >= 4 is 30.0 Å². The van der Waals surface area contributed by atoms with Crippen molar-refractivity contribution in [3.05, 3.63) is 58.7 Å². The highest BCUT2D eigenvalue weighted by Crippen LogP contribution is 2.32. The third kappa shape index (κ3) is 6.08. The standard InChI is InChI=1S/C26H31N3O4/c1-3-9-29(10-4-11-30)26(32)23-13-21-7-5-20(14-24(21)28-25(27)15-23)19-6-8-22(16-33-17-31)18(2)12-19/h5-8,12-14,17,30H,3-4,9-11,15-16H2,1-2H3,(H2,27,28). The predicted molar refractivity (Wildman–Crippen MR) is 130 cm³/mol. The number of carbonyl (C=O) groups excluding carboxylic acids is 2. The number of benzene rings is 2. The van der Waals surface area contributed by atoms with Crippen LogP contribution in [0.4, 0.5) is 5.69 Å². The van der Waals surface area contributed by atoms with Crippen LogP contribution in [-0.4, -0.2) is 47.9 Å². The Hall–Kier alpha value is -3.45. The van der Waals surface area contributed by atoms with E-state index in [1.165, 1.54) is 0 Å². The molecule has 0 spiro atoms. The molecule has 33 heavy (non-hydrogen) atoms. The van der Waals surface area contributed by atoms with Crippen LogP contribution in [0.1, 0.15) is 42.9 Å². The molecule has 2 aromatic rings. The fraction of sp³-hybridized carbons (Fsp3) is 0.346. The van der Waals surface area contributed by atoms with E-state index in [1.54, 1.807) is 4.90 Å². The van der Waals surface area contributed by atoms with Crippen LogP contribution in [0.3, 0.4) is 0 Å². The zero-order valence-corrected chi connectivity index (χ0v) is 19.2. The fourth-order valence-electron chi connectivity index (χ4n) is 3.92. The molecule has 0 fully saturated rings. The van der Waals surface area contributed by atoms with Crippen molar-refractivity contribution in [2.45, 2.75) is 39.7 Å². The van der Waals surface area contributed by atoms with Gasteiger partial charge in [0, 0.05) is 37.3 Å². The van der Waals surface area contributed by atoms with Crippen molar-refractivity contribution < 1.29 is 19.4 Å². The average molecular weight is 450 g/mol. The fourth-order valence-corrected chi connectivity index (χ4v) is 3.92. The van der Waals surface area contributed by atoms with Gasteiger partial charge in [0.2, 0.25) is 5.91 Å². The van der Waals surface area contributed by atoms with E-state index < -0.39 is 0 Å². The minimum Gasteiger partial charge on any atom is -0.463 e. The minimum atomic E-state index is -0.0656. The Morgan fingerprint density at radius 3 is 2.67 bits per heavy atom. The summed E-state index contributed by atoms with van der Waals surface area (Å²) >= 11 is 0. The Kier molecular flexibility index (Phi) is 8.38. The molecule has 1 aliphatic heterocycles. The number of rotatable bonds is 10. The highest BCUT2D eigenvalue weighted by atomic mass is 16.5. The molecule has 1 aliphatic rings. The summed E-state index contributed by atoms with van der Waals surface area (Å²) < 4.78 is 4.87. The van der Waals surface area contributed by atoms with Gasteiger partial charge in [-0.2, -0.15) is 0 Å². The van der Waals surface area contributed by atoms with Gasteiger partial charge >= 0.3 is 0 Å². The summed E-state index contributed by atoms with van der Waals surface area (Å²) in [5, 5.41) is 9.17. The summed E-state index contributed by atoms with van der Waals surface area (Å²) in [5.41, 5.74) is 12.3. The van der Waals surface area contributed by atoms with Gasteiger partial charge in [-0.05, 0) is 54.2 Å². The SMILES string of the molecule is CCCN(CCCO)C(=O)C1=Cc2ccc(-c3ccc(COC=O)c(C)c3)cc2N=C(N)C1. The Bertz CT molecular complexity index is 1080. The number of nitrogens with two attached hydrogens (primary N) is 1. The van der Waals surface area contributed by atoms with E-state index in [-0.39, 0.29) is 25.5 Å². The molecule has 7 heteroatoms. The number of aliphatic hydroxyl groups is 1. The molecule has 0 radical (unpaired) electrons. The average Bonchev–Trinajstić information content (AvgIpc) is 2.97. The predicted octanol–water partition coefficient (Wildman–Crippen LogP) is 3.73. The van der Waals surface area contributed by atoms with Crippen LogP contribution < -0.4 is 5.73 Å². The summed E-state index contributed by atoms with van der Waals surface area (Å²) in [6.45, 7) is 5.89. The summed E-state index contributed by atoms with van der Waals surface area (Å²) in [6, 6.07) is 11.9. The molecule has 0 aliphatic carbocycles. The van der Waals surface area contributed by atoms with Gasteiger partial charge in [-0.25, -0.2) is 4.99 Å². The zero-order chi connectivity index (χ0) is 23.8. The van der Waals surface area contributed by atoms with Crippen molar-refractivity contribution in [2.75, 3.05) is 19.7 Å². The first kappa shape index (κ1) is 24.2. The van der Waals surface area contributed by atoms with Crippen molar-refractivity contribution in [3.8, 4) is 11.1 Å². The van der Waals surface area contributed by atoms with Crippen molar-refractivity contribution in [1.29, 1.82) is 0 Å². The van der Waals surface area contributed by atoms with Gasteiger partial charge in [0.15, 0.2) is 0 Å². The van der Waals surface area contributed by atoms with Crippen molar-refractivity contribution in [3.63, 3.8) is 0 Å². The van der Waals surface area contributed by atoms with E-state index in [0.29, 0.717) is 37.4 Å².